The summed E-state index contributed by atoms with van der Waals surface area (Å²) in [6.45, 7) is 2.42. The monoisotopic (exact) mass is 483 g/mol. The number of esters is 1. The predicted molar refractivity (Wildman–Crippen MR) is 117 cm³/mol. The van der Waals surface area contributed by atoms with Crippen LogP contribution in [0.15, 0.2) is 45.8 Å². The van der Waals surface area contributed by atoms with Crippen LogP contribution in [0.3, 0.4) is 0 Å². The largest absolute Gasteiger partial charge is 0.466 e. The average Bonchev–Trinajstić information content (AvgIpc) is 3.27. The summed E-state index contributed by atoms with van der Waals surface area (Å²) in [5, 5.41) is 0. The minimum atomic E-state index is -3.48. The van der Waals surface area contributed by atoms with E-state index in [1.54, 1.807) is 24.3 Å². The van der Waals surface area contributed by atoms with Crippen LogP contribution in [0.2, 0.25) is 0 Å². The second kappa shape index (κ2) is 10.2. The number of sulfonamides is 1. The first-order chi connectivity index (χ1) is 13.9. The molecule has 0 heterocycles. The molecule has 4 unspecified atom stereocenters. The van der Waals surface area contributed by atoms with E-state index in [1.807, 2.05) is 0 Å². The van der Waals surface area contributed by atoms with E-state index in [4.69, 9.17) is 4.74 Å². The number of carbonyl (C=O) groups is 1. The van der Waals surface area contributed by atoms with Crippen molar-refractivity contribution < 1.29 is 17.9 Å². The van der Waals surface area contributed by atoms with Crippen LogP contribution in [0.25, 0.3) is 0 Å². The minimum Gasteiger partial charge on any atom is -0.466 e. The number of benzene rings is 1. The fraction of sp³-hybridized carbons (Fsp3) is 0.591. The van der Waals surface area contributed by atoms with Crippen molar-refractivity contribution in [1.82, 2.24) is 4.72 Å². The van der Waals surface area contributed by atoms with Crippen LogP contribution in [0, 0.1) is 23.7 Å². The first-order valence-corrected chi connectivity index (χ1v) is 12.7. The van der Waals surface area contributed by atoms with Gasteiger partial charge in [-0.1, -0.05) is 28.1 Å². The van der Waals surface area contributed by atoms with Crippen LogP contribution in [0.1, 0.15) is 45.4 Å². The van der Waals surface area contributed by atoms with Gasteiger partial charge in [-0.25, -0.2) is 13.1 Å². The summed E-state index contributed by atoms with van der Waals surface area (Å²) < 4.78 is 34.0. The van der Waals surface area contributed by atoms with Gasteiger partial charge >= 0.3 is 5.97 Å². The van der Waals surface area contributed by atoms with E-state index in [0.29, 0.717) is 41.7 Å². The molecule has 7 heteroatoms. The SMILES string of the molecule is CC(=O)OCCCC/C=C\C1C2CCC(C2)C1CNS(=O)(=O)c1ccc(Br)cc1. The van der Waals surface area contributed by atoms with Crippen molar-refractivity contribution in [2.75, 3.05) is 13.2 Å². The van der Waals surface area contributed by atoms with Crippen LogP contribution in [-0.4, -0.2) is 27.5 Å². The molecule has 2 aliphatic rings. The van der Waals surface area contributed by atoms with Crippen LogP contribution in [-0.2, 0) is 19.6 Å². The van der Waals surface area contributed by atoms with Crippen LogP contribution >= 0.6 is 15.9 Å². The molecule has 1 N–H and O–H groups in total. The van der Waals surface area contributed by atoms with E-state index in [-0.39, 0.29) is 5.97 Å². The van der Waals surface area contributed by atoms with Gasteiger partial charge in [0.1, 0.15) is 0 Å². The van der Waals surface area contributed by atoms with E-state index in [1.165, 1.54) is 26.2 Å². The zero-order valence-electron chi connectivity index (χ0n) is 16.8. The van der Waals surface area contributed by atoms with E-state index in [2.05, 4.69) is 32.8 Å². The lowest BCUT2D eigenvalue weighted by atomic mass is 9.79. The number of hydrogen-bond acceptors (Lipinski definition) is 4. The maximum Gasteiger partial charge on any atom is 0.302 e. The van der Waals surface area contributed by atoms with Crippen molar-refractivity contribution in [3.8, 4) is 0 Å². The Morgan fingerprint density at radius 3 is 2.66 bits per heavy atom. The molecule has 1 aromatic carbocycles. The molecule has 2 fully saturated rings. The standard InChI is InChI=1S/C22H30BrNO4S/c1-16(25)28-13-5-3-2-4-6-21-17-7-8-18(14-17)22(21)15-24-29(26,27)20-11-9-19(23)10-12-20/h4,6,9-12,17-18,21-22,24H,2-3,5,7-8,13-15H2,1H3/b6-4-. The van der Waals surface area contributed by atoms with Gasteiger partial charge in [0.05, 0.1) is 11.5 Å². The smallest absolute Gasteiger partial charge is 0.302 e. The van der Waals surface area contributed by atoms with Crippen molar-refractivity contribution in [3.05, 3.63) is 40.9 Å². The van der Waals surface area contributed by atoms with Gasteiger partial charge in [-0.05, 0) is 86.5 Å². The maximum atomic E-state index is 12.6. The molecule has 0 amide bonds. The van der Waals surface area contributed by atoms with Gasteiger partial charge in [0.2, 0.25) is 10.0 Å². The molecule has 2 aliphatic carbocycles. The number of halogens is 1. The third-order valence-corrected chi connectivity index (χ3v) is 8.19. The lowest BCUT2D eigenvalue weighted by molar-refractivity contribution is -0.141. The molecular formula is C22H30BrNO4S. The molecule has 0 spiro atoms. The molecule has 0 aromatic heterocycles. The van der Waals surface area contributed by atoms with Gasteiger partial charge in [0, 0.05) is 17.9 Å². The van der Waals surface area contributed by atoms with Crippen LogP contribution in [0.4, 0.5) is 0 Å². The highest BCUT2D eigenvalue weighted by atomic mass is 79.9. The second-order valence-corrected chi connectivity index (χ2v) is 10.8. The number of ether oxygens (including phenoxy) is 1. The Hall–Kier alpha value is -1.18. The van der Waals surface area contributed by atoms with Crippen molar-refractivity contribution in [2.24, 2.45) is 23.7 Å². The molecule has 0 radical (unpaired) electrons. The number of unbranched alkanes of at least 4 members (excludes halogenated alkanes) is 2. The highest BCUT2D eigenvalue weighted by molar-refractivity contribution is 9.10. The van der Waals surface area contributed by atoms with E-state index in [9.17, 15) is 13.2 Å². The van der Waals surface area contributed by atoms with Gasteiger partial charge in [0.15, 0.2) is 0 Å². The Labute approximate surface area is 182 Å². The Morgan fingerprint density at radius 2 is 1.93 bits per heavy atom. The molecule has 5 nitrogen and oxygen atoms in total. The molecule has 3 rings (SSSR count). The summed E-state index contributed by atoms with van der Waals surface area (Å²) in [4.78, 5) is 11.1. The molecular weight excluding hydrogens is 454 g/mol. The lowest BCUT2D eigenvalue weighted by Crippen LogP contribution is -2.35. The number of carbonyl (C=O) groups excluding carboxylic acids is 1. The molecule has 2 bridgehead atoms. The molecule has 29 heavy (non-hydrogen) atoms. The molecule has 0 aliphatic heterocycles. The zero-order chi connectivity index (χ0) is 20.9. The van der Waals surface area contributed by atoms with Crippen molar-refractivity contribution in [2.45, 2.75) is 50.3 Å². The average molecular weight is 484 g/mol. The summed E-state index contributed by atoms with van der Waals surface area (Å²) >= 11 is 3.34. The Bertz CT molecular complexity index is 822. The molecule has 2 saturated carbocycles. The summed E-state index contributed by atoms with van der Waals surface area (Å²) in [6.07, 6.45) is 11.1. The lowest BCUT2D eigenvalue weighted by Gasteiger charge is -2.29. The van der Waals surface area contributed by atoms with Gasteiger partial charge in [-0.3, -0.25) is 4.79 Å². The molecule has 4 atom stereocenters. The van der Waals surface area contributed by atoms with Crippen molar-refractivity contribution in [3.63, 3.8) is 0 Å². The quantitative estimate of drug-likeness (QED) is 0.297. The number of rotatable bonds is 10. The number of fused-ring (bicyclic) bond motifs is 2. The van der Waals surface area contributed by atoms with Crippen LogP contribution in [0.5, 0.6) is 0 Å². The van der Waals surface area contributed by atoms with Gasteiger partial charge in [-0.15, -0.1) is 0 Å². The maximum absolute atomic E-state index is 12.6. The van der Waals surface area contributed by atoms with E-state index < -0.39 is 10.0 Å². The molecule has 1 aromatic rings. The number of allylic oxidation sites excluding steroid dienone is 2. The topological polar surface area (TPSA) is 72.5 Å². The normalized spacial score (nSPS) is 26.3. The summed E-state index contributed by atoms with van der Waals surface area (Å²) in [5.74, 6) is 1.90. The van der Waals surface area contributed by atoms with Crippen LogP contribution < -0.4 is 4.72 Å². The first kappa shape index (κ1) is 22.5. The fourth-order valence-electron chi connectivity index (χ4n) is 4.79. The third kappa shape index (κ3) is 6.15. The van der Waals surface area contributed by atoms with Gasteiger partial charge in [-0.2, -0.15) is 0 Å². The highest BCUT2D eigenvalue weighted by Gasteiger charge is 2.46. The fourth-order valence-corrected chi connectivity index (χ4v) is 6.13. The second-order valence-electron chi connectivity index (χ2n) is 8.14. The first-order valence-electron chi connectivity index (χ1n) is 10.4. The molecule has 160 valence electrons. The number of hydrogen-bond donors (Lipinski definition) is 1. The van der Waals surface area contributed by atoms with Crippen molar-refractivity contribution in [1.29, 1.82) is 0 Å². The summed E-state index contributed by atoms with van der Waals surface area (Å²) in [5.41, 5.74) is 0. The third-order valence-electron chi connectivity index (χ3n) is 6.22. The molecule has 0 saturated heterocycles. The minimum absolute atomic E-state index is 0.226. The Morgan fingerprint density at radius 1 is 1.21 bits per heavy atom. The van der Waals surface area contributed by atoms with Gasteiger partial charge < -0.3 is 4.74 Å². The predicted octanol–water partition coefficient (Wildman–Crippen LogP) is 4.68. The van der Waals surface area contributed by atoms with E-state index >= 15 is 0 Å². The number of nitrogens with one attached hydrogen (secondary N) is 1. The highest BCUT2D eigenvalue weighted by Crippen LogP contribution is 2.52. The Kier molecular flexibility index (Phi) is 7.93. The zero-order valence-corrected chi connectivity index (χ0v) is 19.3. The van der Waals surface area contributed by atoms with Gasteiger partial charge in [0.25, 0.3) is 0 Å². The summed E-state index contributed by atoms with van der Waals surface area (Å²) in [7, 11) is -3.48. The van der Waals surface area contributed by atoms with E-state index in [0.717, 1.165) is 23.7 Å². The summed E-state index contributed by atoms with van der Waals surface area (Å²) in [6, 6.07) is 6.75. The Balaban J connectivity index is 1.51. The van der Waals surface area contributed by atoms with Crippen molar-refractivity contribution >= 4 is 31.9 Å².